The average molecular weight is 317 g/mol. The fourth-order valence-electron chi connectivity index (χ4n) is 1.78. The minimum Gasteiger partial charge on any atom is -0.385 e. The number of methoxy groups -OCH3 is 1. The molecule has 1 aromatic heterocycles. The van der Waals surface area contributed by atoms with Crippen LogP contribution in [0, 0.1) is 5.41 Å². The van der Waals surface area contributed by atoms with Gasteiger partial charge in [-0.05, 0) is 24.4 Å². The first-order chi connectivity index (χ1) is 9.80. The Bertz CT molecular complexity index is 523. The summed E-state index contributed by atoms with van der Waals surface area (Å²) in [6.07, 6.45) is 2.32. The summed E-state index contributed by atoms with van der Waals surface area (Å²) in [7, 11) is -1.83. The summed E-state index contributed by atoms with van der Waals surface area (Å²) in [4.78, 5) is 3.25. The van der Waals surface area contributed by atoms with E-state index in [2.05, 4.69) is 15.0 Å². The van der Waals surface area contributed by atoms with Crippen LogP contribution in [0.15, 0.2) is 17.2 Å². The van der Waals surface area contributed by atoms with Crippen molar-refractivity contribution in [3.8, 4) is 0 Å². The predicted octanol–water partition coefficient (Wildman–Crippen LogP) is 1.47. The second-order valence-electron chi connectivity index (χ2n) is 5.87. The van der Waals surface area contributed by atoms with Gasteiger partial charge in [0.05, 0.1) is 4.90 Å². The van der Waals surface area contributed by atoms with Crippen molar-refractivity contribution in [2.24, 2.45) is 5.41 Å². The van der Waals surface area contributed by atoms with Gasteiger partial charge < -0.3 is 15.0 Å². The van der Waals surface area contributed by atoms with E-state index in [9.17, 15) is 8.42 Å². The zero-order valence-electron chi connectivity index (χ0n) is 13.3. The van der Waals surface area contributed by atoms with Gasteiger partial charge in [0.15, 0.2) is 0 Å². The van der Waals surface area contributed by atoms with Crippen LogP contribution in [0.5, 0.6) is 0 Å². The molecule has 0 amide bonds. The van der Waals surface area contributed by atoms with Crippen LogP contribution in [-0.4, -0.2) is 40.2 Å². The molecule has 0 aliphatic heterocycles. The highest BCUT2D eigenvalue weighted by molar-refractivity contribution is 7.89. The van der Waals surface area contributed by atoms with Crippen LogP contribution in [-0.2, 0) is 21.3 Å². The highest BCUT2D eigenvalue weighted by Crippen LogP contribution is 2.20. The smallest absolute Gasteiger partial charge is 0.242 e. The van der Waals surface area contributed by atoms with Crippen LogP contribution in [0.4, 0.5) is 0 Å². The Balaban J connectivity index is 2.62. The van der Waals surface area contributed by atoms with Crippen molar-refractivity contribution in [2.45, 2.75) is 38.6 Å². The molecule has 6 nitrogen and oxygen atoms in total. The van der Waals surface area contributed by atoms with Crippen LogP contribution >= 0.6 is 0 Å². The lowest BCUT2D eigenvalue weighted by atomic mass is 9.90. The lowest BCUT2D eigenvalue weighted by Gasteiger charge is -2.24. The molecule has 7 heteroatoms. The van der Waals surface area contributed by atoms with Gasteiger partial charge in [-0.25, -0.2) is 13.1 Å². The highest BCUT2D eigenvalue weighted by atomic mass is 32.2. The van der Waals surface area contributed by atoms with Crippen LogP contribution in [0.1, 0.15) is 32.9 Å². The molecule has 0 saturated carbocycles. The summed E-state index contributed by atoms with van der Waals surface area (Å²) in [6.45, 7) is 8.51. The molecule has 122 valence electrons. The van der Waals surface area contributed by atoms with Crippen molar-refractivity contribution < 1.29 is 13.2 Å². The van der Waals surface area contributed by atoms with Gasteiger partial charge in [-0.15, -0.1) is 0 Å². The van der Waals surface area contributed by atoms with E-state index in [4.69, 9.17) is 4.74 Å². The molecule has 1 heterocycles. The maximum Gasteiger partial charge on any atom is 0.242 e. The van der Waals surface area contributed by atoms with Crippen molar-refractivity contribution in [3.63, 3.8) is 0 Å². The standard InChI is InChI=1S/C14H27N3O3S/c1-5-15-9-12-8-13(10-16-12)21(18,19)17-11-14(2,3)6-7-20-4/h8,10,15-17H,5-7,9,11H2,1-4H3. The van der Waals surface area contributed by atoms with Crippen molar-refractivity contribution in [3.05, 3.63) is 18.0 Å². The van der Waals surface area contributed by atoms with E-state index < -0.39 is 10.0 Å². The quantitative estimate of drug-likeness (QED) is 0.610. The summed E-state index contributed by atoms with van der Waals surface area (Å²) in [5.41, 5.74) is 0.710. The number of H-pyrrole nitrogens is 1. The summed E-state index contributed by atoms with van der Waals surface area (Å²) < 4.78 is 32.2. The van der Waals surface area contributed by atoms with Gasteiger partial charge in [0, 0.05) is 38.7 Å². The van der Waals surface area contributed by atoms with Gasteiger partial charge >= 0.3 is 0 Å². The third-order valence-corrected chi connectivity index (χ3v) is 4.70. The predicted molar refractivity (Wildman–Crippen MR) is 83.6 cm³/mol. The first-order valence-electron chi connectivity index (χ1n) is 7.17. The minimum absolute atomic E-state index is 0.147. The summed E-state index contributed by atoms with van der Waals surface area (Å²) in [6, 6.07) is 1.66. The first kappa shape index (κ1) is 18.2. The molecule has 0 radical (unpaired) electrons. The van der Waals surface area contributed by atoms with E-state index in [1.54, 1.807) is 13.2 Å². The number of ether oxygens (including phenoxy) is 1. The molecule has 0 saturated heterocycles. The summed E-state index contributed by atoms with van der Waals surface area (Å²) in [5, 5.41) is 3.15. The fourth-order valence-corrected chi connectivity index (χ4v) is 3.04. The minimum atomic E-state index is -3.47. The molecule has 21 heavy (non-hydrogen) atoms. The molecule has 0 fully saturated rings. The SMILES string of the molecule is CCNCc1cc(S(=O)(=O)NCC(C)(C)CCOC)c[nH]1. The molecule has 0 unspecified atom stereocenters. The van der Waals surface area contributed by atoms with E-state index in [0.717, 1.165) is 18.7 Å². The van der Waals surface area contributed by atoms with Gasteiger partial charge in [0.2, 0.25) is 10.0 Å². The maximum absolute atomic E-state index is 12.3. The Morgan fingerprint density at radius 2 is 2.10 bits per heavy atom. The molecular formula is C14H27N3O3S. The average Bonchev–Trinajstić information content (AvgIpc) is 2.91. The van der Waals surface area contributed by atoms with Gasteiger partial charge in [-0.3, -0.25) is 0 Å². The van der Waals surface area contributed by atoms with Gasteiger partial charge in [-0.2, -0.15) is 0 Å². The van der Waals surface area contributed by atoms with Gasteiger partial charge in [-0.1, -0.05) is 20.8 Å². The second-order valence-corrected chi connectivity index (χ2v) is 7.64. The van der Waals surface area contributed by atoms with E-state index in [1.807, 2.05) is 20.8 Å². The molecule has 1 rings (SSSR count). The fraction of sp³-hybridized carbons (Fsp3) is 0.714. The lowest BCUT2D eigenvalue weighted by molar-refractivity contribution is 0.153. The molecule has 0 spiro atoms. The van der Waals surface area contributed by atoms with Crippen molar-refractivity contribution >= 4 is 10.0 Å². The van der Waals surface area contributed by atoms with Gasteiger partial charge in [0.1, 0.15) is 0 Å². The molecule has 0 bridgehead atoms. The van der Waals surface area contributed by atoms with Crippen LogP contribution < -0.4 is 10.0 Å². The summed E-state index contributed by atoms with van der Waals surface area (Å²) >= 11 is 0. The summed E-state index contributed by atoms with van der Waals surface area (Å²) in [5.74, 6) is 0. The third-order valence-electron chi connectivity index (χ3n) is 3.32. The Morgan fingerprint density at radius 1 is 1.38 bits per heavy atom. The lowest BCUT2D eigenvalue weighted by Crippen LogP contribution is -2.34. The van der Waals surface area contributed by atoms with E-state index in [1.165, 1.54) is 6.20 Å². The van der Waals surface area contributed by atoms with E-state index >= 15 is 0 Å². The zero-order valence-corrected chi connectivity index (χ0v) is 14.1. The number of hydrogen-bond donors (Lipinski definition) is 3. The number of rotatable bonds is 10. The Labute approximate surface area is 127 Å². The van der Waals surface area contributed by atoms with Crippen molar-refractivity contribution in [2.75, 3.05) is 26.8 Å². The zero-order chi connectivity index (χ0) is 15.9. The van der Waals surface area contributed by atoms with Crippen molar-refractivity contribution in [1.29, 1.82) is 0 Å². The monoisotopic (exact) mass is 317 g/mol. The van der Waals surface area contributed by atoms with Crippen LogP contribution in [0.2, 0.25) is 0 Å². The second kappa shape index (κ2) is 7.93. The number of aromatic amines is 1. The molecule has 1 aromatic rings. The molecule has 0 atom stereocenters. The molecule has 0 aliphatic carbocycles. The number of hydrogen-bond acceptors (Lipinski definition) is 4. The Kier molecular flexibility index (Phi) is 6.86. The van der Waals surface area contributed by atoms with Crippen LogP contribution in [0.3, 0.4) is 0 Å². The Hall–Kier alpha value is -0.890. The van der Waals surface area contributed by atoms with Crippen molar-refractivity contribution in [1.82, 2.24) is 15.0 Å². The molecule has 3 N–H and O–H groups in total. The first-order valence-corrected chi connectivity index (χ1v) is 8.65. The number of sulfonamides is 1. The third kappa shape index (κ3) is 6.17. The normalized spacial score (nSPS) is 12.8. The van der Waals surface area contributed by atoms with Crippen LogP contribution in [0.25, 0.3) is 0 Å². The molecule has 0 aromatic carbocycles. The number of nitrogens with one attached hydrogen (secondary N) is 3. The topological polar surface area (TPSA) is 83.2 Å². The maximum atomic E-state index is 12.3. The molecular weight excluding hydrogens is 290 g/mol. The van der Waals surface area contributed by atoms with Gasteiger partial charge in [0.25, 0.3) is 0 Å². The highest BCUT2D eigenvalue weighted by Gasteiger charge is 2.22. The van der Waals surface area contributed by atoms with E-state index in [0.29, 0.717) is 19.7 Å². The number of aromatic nitrogens is 1. The largest absolute Gasteiger partial charge is 0.385 e. The van der Waals surface area contributed by atoms with E-state index in [-0.39, 0.29) is 10.3 Å². The molecule has 0 aliphatic rings. The Morgan fingerprint density at radius 3 is 2.71 bits per heavy atom.